The van der Waals surface area contributed by atoms with Crippen LogP contribution in [0.4, 0.5) is 0 Å². The number of hydrogen-bond acceptors (Lipinski definition) is 3. The van der Waals surface area contributed by atoms with Crippen molar-refractivity contribution in [3.8, 4) is 0 Å². The predicted octanol–water partition coefficient (Wildman–Crippen LogP) is 2.59. The summed E-state index contributed by atoms with van der Waals surface area (Å²) in [6.45, 7) is 7.17. The van der Waals surface area contributed by atoms with Crippen molar-refractivity contribution in [1.82, 2.24) is 10.2 Å². The van der Waals surface area contributed by atoms with E-state index in [9.17, 15) is 4.79 Å². The zero-order valence-corrected chi connectivity index (χ0v) is 12.7. The highest BCUT2D eigenvalue weighted by atomic mass is 16.4. The van der Waals surface area contributed by atoms with Gasteiger partial charge >= 0.3 is 5.97 Å². The number of aromatic carboxylic acids is 1. The Kier molecular flexibility index (Phi) is 7.26. The minimum absolute atomic E-state index is 0.344. The van der Waals surface area contributed by atoms with Crippen LogP contribution in [0.2, 0.25) is 0 Å². The molecule has 4 nitrogen and oxygen atoms in total. The maximum atomic E-state index is 10.9. The molecule has 1 rings (SSSR count). The monoisotopic (exact) mass is 278 g/mol. The van der Waals surface area contributed by atoms with E-state index >= 15 is 0 Å². The summed E-state index contributed by atoms with van der Waals surface area (Å²) >= 11 is 0. The average Bonchev–Trinajstić information content (AvgIpc) is 2.43. The number of carbonyl (C=O) groups is 1. The number of carboxylic acid groups (broad SMARTS) is 1. The molecule has 0 saturated heterocycles. The van der Waals surface area contributed by atoms with Crippen molar-refractivity contribution in [3.63, 3.8) is 0 Å². The molecule has 0 heterocycles. The number of hydrogen-bond donors (Lipinski definition) is 2. The van der Waals surface area contributed by atoms with Crippen LogP contribution in [0.3, 0.4) is 0 Å². The second-order valence-corrected chi connectivity index (χ2v) is 5.40. The van der Waals surface area contributed by atoms with Crippen LogP contribution >= 0.6 is 0 Å². The van der Waals surface area contributed by atoms with Crippen molar-refractivity contribution in [2.75, 3.05) is 20.1 Å². The third kappa shape index (κ3) is 6.17. The first-order valence-electron chi connectivity index (χ1n) is 7.27. The Morgan fingerprint density at radius 3 is 2.85 bits per heavy atom. The van der Waals surface area contributed by atoms with E-state index < -0.39 is 5.97 Å². The van der Waals surface area contributed by atoms with Crippen molar-refractivity contribution in [3.05, 3.63) is 35.4 Å². The van der Waals surface area contributed by atoms with E-state index in [1.54, 1.807) is 18.2 Å². The van der Waals surface area contributed by atoms with Gasteiger partial charge in [0.2, 0.25) is 0 Å². The lowest BCUT2D eigenvalue weighted by Crippen LogP contribution is -2.37. The van der Waals surface area contributed by atoms with Gasteiger partial charge in [0, 0.05) is 19.1 Å². The summed E-state index contributed by atoms with van der Waals surface area (Å²) < 4.78 is 0. The summed E-state index contributed by atoms with van der Waals surface area (Å²) in [5.41, 5.74) is 1.35. The van der Waals surface area contributed by atoms with Gasteiger partial charge in [-0.15, -0.1) is 0 Å². The van der Waals surface area contributed by atoms with Gasteiger partial charge in [-0.25, -0.2) is 4.79 Å². The summed E-state index contributed by atoms with van der Waals surface area (Å²) in [7, 11) is 2.14. The fourth-order valence-corrected chi connectivity index (χ4v) is 2.16. The van der Waals surface area contributed by atoms with Gasteiger partial charge in [-0.1, -0.05) is 25.5 Å². The van der Waals surface area contributed by atoms with Gasteiger partial charge in [0.05, 0.1) is 5.56 Å². The molecule has 2 N–H and O–H groups in total. The second kappa shape index (κ2) is 8.72. The van der Waals surface area contributed by atoms with E-state index in [2.05, 4.69) is 31.1 Å². The lowest BCUT2D eigenvalue weighted by atomic mass is 10.1. The highest BCUT2D eigenvalue weighted by molar-refractivity contribution is 5.87. The van der Waals surface area contributed by atoms with E-state index in [0.717, 1.165) is 18.7 Å². The number of carboxylic acids is 1. The molecule has 0 bridgehead atoms. The van der Waals surface area contributed by atoms with Gasteiger partial charge in [0.25, 0.3) is 0 Å². The molecule has 4 heteroatoms. The Morgan fingerprint density at radius 1 is 1.45 bits per heavy atom. The first-order valence-corrected chi connectivity index (χ1v) is 7.27. The first-order chi connectivity index (χ1) is 9.52. The minimum atomic E-state index is -0.876. The van der Waals surface area contributed by atoms with Crippen molar-refractivity contribution in [2.24, 2.45) is 0 Å². The van der Waals surface area contributed by atoms with Crippen molar-refractivity contribution >= 4 is 5.97 Å². The second-order valence-electron chi connectivity index (χ2n) is 5.40. The van der Waals surface area contributed by atoms with Gasteiger partial charge in [0.1, 0.15) is 0 Å². The number of rotatable bonds is 9. The number of nitrogens with one attached hydrogen (secondary N) is 1. The van der Waals surface area contributed by atoms with E-state index in [1.165, 1.54) is 12.8 Å². The molecule has 0 aliphatic rings. The molecule has 0 radical (unpaired) electrons. The van der Waals surface area contributed by atoms with Gasteiger partial charge in [0.15, 0.2) is 0 Å². The minimum Gasteiger partial charge on any atom is -0.478 e. The molecule has 0 aliphatic carbocycles. The summed E-state index contributed by atoms with van der Waals surface area (Å²) in [6.07, 6.45) is 2.44. The fourth-order valence-electron chi connectivity index (χ4n) is 2.16. The van der Waals surface area contributed by atoms with Crippen molar-refractivity contribution in [2.45, 2.75) is 39.3 Å². The molecule has 0 amide bonds. The average molecular weight is 278 g/mol. The Hall–Kier alpha value is -1.39. The highest BCUT2D eigenvalue weighted by Gasteiger charge is 2.07. The molecule has 0 aliphatic heterocycles. The van der Waals surface area contributed by atoms with Gasteiger partial charge in [-0.3, -0.25) is 0 Å². The molecule has 1 aromatic rings. The Bertz CT molecular complexity index is 421. The topological polar surface area (TPSA) is 52.6 Å². The van der Waals surface area contributed by atoms with Crippen LogP contribution in [0.5, 0.6) is 0 Å². The molecule has 0 saturated carbocycles. The van der Waals surface area contributed by atoms with Crippen molar-refractivity contribution < 1.29 is 9.90 Å². The van der Waals surface area contributed by atoms with Gasteiger partial charge in [-0.05, 0) is 44.6 Å². The van der Waals surface area contributed by atoms with E-state index in [-0.39, 0.29) is 0 Å². The largest absolute Gasteiger partial charge is 0.478 e. The molecular weight excluding hydrogens is 252 g/mol. The summed E-state index contributed by atoms with van der Waals surface area (Å²) in [4.78, 5) is 13.2. The lowest BCUT2D eigenvalue weighted by Gasteiger charge is -2.22. The zero-order valence-electron chi connectivity index (χ0n) is 12.7. The van der Waals surface area contributed by atoms with Crippen LogP contribution < -0.4 is 5.32 Å². The molecule has 112 valence electrons. The molecule has 0 aromatic heterocycles. The summed E-state index contributed by atoms with van der Waals surface area (Å²) in [5.74, 6) is -0.876. The van der Waals surface area contributed by atoms with Gasteiger partial charge in [-0.2, -0.15) is 0 Å². The smallest absolute Gasteiger partial charge is 0.335 e. The molecule has 20 heavy (non-hydrogen) atoms. The predicted molar refractivity (Wildman–Crippen MR) is 82.1 cm³/mol. The first kappa shape index (κ1) is 16.7. The summed E-state index contributed by atoms with van der Waals surface area (Å²) in [5, 5.41) is 12.4. The van der Waals surface area contributed by atoms with Crippen LogP contribution in [0.1, 0.15) is 42.6 Å². The molecule has 0 unspecified atom stereocenters. The highest BCUT2D eigenvalue weighted by Crippen LogP contribution is 2.05. The standard InChI is InChI=1S/C16H26N2O2/c1-4-5-9-18(3)12-13(2)17-11-14-7-6-8-15(10-14)16(19)20/h6-8,10,13,17H,4-5,9,11-12H2,1-3H3,(H,19,20)/t13-/m0/s1. The third-order valence-corrected chi connectivity index (χ3v) is 3.31. The van der Waals surface area contributed by atoms with Crippen LogP contribution in [-0.4, -0.2) is 42.2 Å². The van der Waals surface area contributed by atoms with E-state index in [4.69, 9.17) is 5.11 Å². The molecule has 0 spiro atoms. The molecule has 1 atom stereocenters. The number of unbranched alkanes of at least 4 members (excludes halogenated alkanes) is 1. The maximum Gasteiger partial charge on any atom is 0.335 e. The normalized spacial score (nSPS) is 12.6. The van der Waals surface area contributed by atoms with Crippen LogP contribution in [0, 0.1) is 0 Å². The van der Waals surface area contributed by atoms with Crippen LogP contribution in [0.25, 0.3) is 0 Å². The van der Waals surface area contributed by atoms with Gasteiger partial charge < -0.3 is 15.3 Å². The van der Waals surface area contributed by atoms with Crippen LogP contribution in [0.15, 0.2) is 24.3 Å². The Balaban J connectivity index is 2.38. The third-order valence-electron chi connectivity index (χ3n) is 3.31. The number of benzene rings is 1. The maximum absolute atomic E-state index is 10.9. The SMILES string of the molecule is CCCCN(C)C[C@H](C)NCc1cccc(C(=O)O)c1. The number of nitrogens with zero attached hydrogens (tertiary/aromatic N) is 1. The Labute approximate surface area is 121 Å². The van der Waals surface area contributed by atoms with E-state index in [1.807, 2.05) is 6.07 Å². The summed E-state index contributed by atoms with van der Waals surface area (Å²) in [6, 6.07) is 7.47. The van der Waals surface area contributed by atoms with E-state index in [0.29, 0.717) is 18.2 Å². The molecule has 0 fully saturated rings. The molecule has 1 aromatic carbocycles. The van der Waals surface area contributed by atoms with Crippen molar-refractivity contribution in [1.29, 1.82) is 0 Å². The number of likely N-dealkylation sites (N-methyl/N-ethyl adjacent to an activating group) is 1. The Morgan fingerprint density at radius 2 is 2.20 bits per heavy atom. The quantitative estimate of drug-likeness (QED) is 0.729. The van der Waals surface area contributed by atoms with Crippen LogP contribution in [-0.2, 0) is 6.54 Å². The lowest BCUT2D eigenvalue weighted by molar-refractivity contribution is 0.0696. The molecular formula is C16H26N2O2. The fraction of sp³-hybridized carbons (Fsp3) is 0.562. The zero-order chi connectivity index (χ0) is 15.0.